The minimum atomic E-state index is -0.490. The van der Waals surface area contributed by atoms with Crippen LogP contribution in [0.3, 0.4) is 0 Å². The van der Waals surface area contributed by atoms with Crippen LogP contribution in [0.25, 0.3) is 5.82 Å². The zero-order valence-corrected chi connectivity index (χ0v) is 17.9. The Hall–Kier alpha value is -2.42. The summed E-state index contributed by atoms with van der Waals surface area (Å²) in [5.74, 6) is -0.560. The number of anilines is 1. The molecule has 3 aromatic rings. The lowest BCUT2D eigenvalue weighted by atomic mass is 10.1. The first kappa shape index (κ1) is 20.3. The van der Waals surface area contributed by atoms with E-state index in [0.717, 1.165) is 0 Å². The Kier molecular flexibility index (Phi) is 6.02. The summed E-state index contributed by atoms with van der Waals surface area (Å²) in [6.45, 7) is 1.75. The molecule has 0 radical (unpaired) electrons. The number of aryl methyl sites for hydroxylation is 1. The van der Waals surface area contributed by atoms with E-state index in [1.807, 2.05) is 0 Å². The van der Waals surface area contributed by atoms with Gasteiger partial charge in [-0.3, -0.25) is 9.59 Å². The van der Waals surface area contributed by atoms with Gasteiger partial charge in [0.2, 0.25) is 0 Å². The van der Waals surface area contributed by atoms with Gasteiger partial charge in [0.15, 0.2) is 5.82 Å². The van der Waals surface area contributed by atoms with Crippen molar-refractivity contribution >= 4 is 56.6 Å². The van der Waals surface area contributed by atoms with Crippen LogP contribution in [0.4, 0.5) is 5.69 Å². The van der Waals surface area contributed by atoms with E-state index in [4.69, 9.17) is 23.2 Å². The maximum absolute atomic E-state index is 13.0. The van der Waals surface area contributed by atoms with Crippen molar-refractivity contribution in [2.45, 2.75) is 6.92 Å². The lowest BCUT2D eigenvalue weighted by Crippen LogP contribution is -2.23. The Bertz CT molecular complexity index is 1080. The van der Waals surface area contributed by atoms with Crippen LogP contribution < -0.4 is 10.6 Å². The number of carbonyl (C=O) groups excluding carboxylic acids is 2. The molecule has 0 bridgehead atoms. The quantitative estimate of drug-likeness (QED) is 0.581. The zero-order chi connectivity index (χ0) is 20.4. The number of rotatable bonds is 4. The zero-order valence-electron chi connectivity index (χ0n) is 14.8. The van der Waals surface area contributed by atoms with Gasteiger partial charge in [-0.25, -0.2) is 9.67 Å². The Morgan fingerprint density at radius 2 is 1.93 bits per heavy atom. The molecule has 144 valence electrons. The van der Waals surface area contributed by atoms with Crippen molar-refractivity contribution in [1.29, 1.82) is 0 Å². The third-order valence-corrected chi connectivity index (χ3v) is 4.91. The first-order valence-corrected chi connectivity index (χ1v) is 9.56. The van der Waals surface area contributed by atoms with Gasteiger partial charge in [-0.15, -0.1) is 0 Å². The summed E-state index contributed by atoms with van der Waals surface area (Å²) in [7, 11) is 1.49. The molecule has 28 heavy (non-hydrogen) atoms. The van der Waals surface area contributed by atoms with Gasteiger partial charge >= 0.3 is 0 Å². The third kappa shape index (κ3) is 4.04. The van der Waals surface area contributed by atoms with E-state index >= 15 is 0 Å². The highest BCUT2D eigenvalue weighted by Crippen LogP contribution is 2.31. The second kappa shape index (κ2) is 8.30. The topological polar surface area (TPSA) is 88.9 Å². The van der Waals surface area contributed by atoms with Crippen LogP contribution in [0.15, 0.2) is 41.0 Å². The molecule has 0 spiro atoms. The summed E-state index contributed by atoms with van der Waals surface area (Å²) in [4.78, 5) is 29.4. The molecule has 3 rings (SSSR count). The number of amides is 2. The number of carbonyl (C=O) groups is 2. The van der Waals surface area contributed by atoms with E-state index in [0.29, 0.717) is 26.0 Å². The second-order valence-corrected chi connectivity index (χ2v) is 7.43. The first-order chi connectivity index (χ1) is 13.3. The molecule has 2 heterocycles. The monoisotopic (exact) mass is 481 g/mol. The van der Waals surface area contributed by atoms with Gasteiger partial charge in [-0.1, -0.05) is 23.2 Å². The van der Waals surface area contributed by atoms with Crippen molar-refractivity contribution in [1.82, 2.24) is 20.1 Å². The predicted molar refractivity (Wildman–Crippen MR) is 112 cm³/mol. The summed E-state index contributed by atoms with van der Waals surface area (Å²) in [6, 6.07) is 7.99. The lowest BCUT2D eigenvalue weighted by Gasteiger charge is -2.14. The number of benzene rings is 1. The van der Waals surface area contributed by atoms with Crippen LogP contribution in [-0.4, -0.2) is 33.6 Å². The summed E-state index contributed by atoms with van der Waals surface area (Å²) < 4.78 is 1.82. The van der Waals surface area contributed by atoms with Crippen molar-refractivity contribution in [3.05, 3.63) is 68.0 Å². The highest BCUT2D eigenvalue weighted by molar-refractivity contribution is 9.10. The van der Waals surface area contributed by atoms with Crippen molar-refractivity contribution in [2.24, 2.45) is 0 Å². The molecule has 1 aromatic carbocycles. The van der Waals surface area contributed by atoms with Crippen LogP contribution >= 0.6 is 39.1 Å². The molecule has 0 unspecified atom stereocenters. The molecule has 0 aliphatic rings. The Morgan fingerprint density at radius 3 is 2.61 bits per heavy atom. The maximum atomic E-state index is 13.0. The summed E-state index contributed by atoms with van der Waals surface area (Å²) in [6.07, 6.45) is 1.55. The van der Waals surface area contributed by atoms with Crippen molar-refractivity contribution < 1.29 is 9.59 Å². The van der Waals surface area contributed by atoms with Crippen LogP contribution in [0.1, 0.15) is 26.5 Å². The molecule has 2 N–H and O–H groups in total. The Balaban J connectivity index is 2.05. The molecule has 0 aliphatic heterocycles. The number of halogens is 3. The number of pyridine rings is 1. The van der Waals surface area contributed by atoms with Gasteiger partial charge in [0, 0.05) is 22.7 Å². The number of nitrogens with one attached hydrogen (secondary N) is 2. The molecule has 2 amide bonds. The average molecular weight is 483 g/mol. The fourth-order valence-corrected chi connectivity index (χ4v) is 3.66. The predicted octanol–water partition coefficient (Wildman–Crippen LogP) is 4.26. The van der Waals surface area contributed by atoms with E-state index < -0.39 is 11.8 Å². The van der Waals surface area contributed by atoms with E-state index in [2.05, 4.69) is 36.6 Å². The average Bonchev–Trinajstić information content (AvgIpc) is 3.05. The van der Waals surface area contributed by atoms with Crippen molar-refractivity contribution in [2.75, 3.05) is 12.4 Å². The highest BCUT2D eigenvalue weighted by Gasteiger charge is 2.22. The van der Waals surface area contributed by atoms with E-state index in [-0.39, 0.29) is 16.9 Å². The minimum Gasteiger partial charge on any atom is -0.355 e. The van der Waals surface area contributed by atoms with Gasteiger partial charge in [0.25, 0.3) is 11.8 Å². The normalized spacial score (nSPS) is 10.6. The third-order valence-electron chi connectivity index (χ3n) is 3.77. The number of hydrogen-bond acceptors (Lipinski definition) is 4. The number of nitrogens with zero attached hydrogens (tertiary/aromatic N) is 3. The van der Waals surface area contributed by atoms with E-state index in [1.54, 1.807) is 37.4 Å². The fraction of sp³-hybridized carbons (Fsp3) is 0.111. The van der Waals surface area contributed by atoms with Crippen molar-refractivity contribution in [3.63, 3.8) is 0 Å². The van der Waals surface area contributed by atoms with Crippen LogP contribution in [-0.2, 0) is 0 Å². The van der Waals surface area contributed by atoms with Gasteiger partial charge in [0.1, 0.15) is 5.69 Å². The smallest absolute Gasteiger partial charge is 0.274 e. The van der Waals surface area contributed by atoms with Crippen molar-refractivity contribution in [3.8, 4) is 5.82 Å². The molecule has 0 saturated heterocycles. The molecule has 0 saturated carbocycles. The van der Waals surface area contributed by atoms with Crippen LogP contribution in [0, 0.1) is 6.92 Å². The Morgan fingerprint density at radius 1 is 1.18 bits per heavy atom. The molecule has 7 nitrogen and oxygen atoms in total. The minimum absolute atomic E-state index is 0.211. The largest absolute Gasteiger partial charge is 0.355 e. The van der Waals surface area contributed by atoms with E-state index in [1.165, 1.54) is 17.8 Å². The molecule has 2 aromatic heterocycles. The molecule has 10 heteroatoms. The molecule has 0 atom stereocenters. The van der Waals surface area contributed by atoms with Crippen LogP contribution in [0.5, 0.6) is 0 Å². The molecular formula is C18H14BrCl2N5O2. The summed E-state index contributed by atoms with van der Waals surface area (Å²) >= 11 is 15.6. The first-order valence-electron chi connectivity index (χ1n) is 8.02. The maximum Gasteiger partial charge on any atom is 0.274 e. The van der Waals surface area contributed by atoms with Gasteiger partial charge < -0.3 is 10.6 Å². The van der Waals surface area contributed by atoms with Crippen LogP contribution in [0.2, 0.25) is 10.0 Å². The van der Waals surface area contributed by atoms with E-state index in [9.17, 15) is 9.59 Å². The van der Waals surface area contributed by atoms with Gasteiger partial charge in [-0.05, 0) is 53.2 Å². The number of aromatic nitrogens is 3. The molecule has 0 aliphatic carbocycles. The van der Waals surface area contributed by atoms with Gasteiger partial charge in [0.05, 0.1) is 22.0 Å². The lowest BCUT2D eigenvalue weighted by molar-refractivity contribution is 0.0964. The summed E-state index contributed by atoms with van der Waals surface area (Å²) in [5, 5.41) is 10.3. The number of hydrogen-bond donors (Lipinski definition) is 2. The molecular weight excluding hydrogens is 469 g/mol. The molecule has 0 fully saturated rings. The fourth-order valence-electron chi connectivity index (χ4n) is 2.55. The second-order valence-electron chi connectivity index (χ2n) is 5.74. The summed E-state index contributed by atoms with van der Waals surface area (Å²) in [5.41, 5.74) is 1.32. The van der Waals surface area contributed by atoms with Gasteiger partial charge in [-0.2, -0.15) is 5.10 Å². The highest BCUT2D eigenvalue weighted by atomic mass is 79.9. The standard InChI is InChI=1S/C18H14BrCl2N5O2/c1-9-6-14(26(25-9)16-13(21)4-3-5-23-16)18(28)24-15-11(17(27)22-2)7-10(20)8-12(15)19/h3-8H,1-2H3,(H,22,27)(H,24,28). The SMILES string of the molecule is CNC(=O)c1cc(Cl)cc(Br)c1NC(=O)c1cc(C)nn1-c1ncccc1Cl. The Labute approximate surface area is 179 Å².